The van der Waals surface area contributed by atoms with E-state index in [1.54, 1.807) is 7.11 Å². The predicted octanol–water partition coefficient (Wildman–Crippen LogP) is 0.887. The van der Waals surface area contributed by atoms with Crippen LogP contribution in [0.1, 0.15) is 20.3 Å². The summed E-state index contributed by atoms with van der Waals surface area (Å²) in [6.45, 7) is 9.77. The second-order valence-electron chi connectivity index (χ2n) is 3.57. The third-order valence-electron chi connectivity index (χ3n) is 2.42. The molecule has 0 bridgehead atoms. The molecule has 0 amide bonds. The Kier molecular flexibility index (Phi) is 15.8. The van der Waals surface area contributed by atoms with Crippen molar-refractivity contribution < 1.29 is 4.74 Å². The van der Waals surface area contributed by atoms with Gasteiger partial charge in [0.25, 0.3) is 0 Å². The minimum atomic E-state index is 0. The Bertz CT molecular complexity index is 186. The number of aliphatic imine (C=N–C) groups is 1. The van der Waals surface area contributed by atoms with Crippen LogP contribution in [0.25, 0.3) is 0 Å². The summed E-state index contributed by atoms with van der Waals surface area (Å²) in [4.78, 5) is 6.62. The third-order valence-corrected chi connectivity index (χ3v) is 2.42. The molecule has 0 radical (unpaired) electrons. The largest absolute Gasteiger partial charge is 0.383 e. The van der Waals surface area contributed by atoms with Gasteiger partial charge in [0, 0.05) is 20.2 Å². The molecule has 0 saturated carbocycles. The van der Waals surface area contributed by atoms with Crippen molar-refractivity contribution in [3.05, 3.63) is 0 Å². The molecule has 0 rings (SSSR count). The van der Waals surface area contributed by atoms with E-state index in [0.717, 1.165) is 32.6 Å². The maximum Gasteiger partial charge on any atom is 0.188 e. The minimum absolute atomic E-state index is 0. The van der Waals surface area contributed by atoms with Gasteiger partial charge in [-0.2, -0.15) is 0 Å². The zero-order chi connectivity index (χ0) is 12.2. The van der Waals surface area contributed by atoms with Gasteiger partial charge in [-0.25, -0.2) is 0 Å². The first-order valence-corrected chi connectivity index (χ1v) is 5.99. The summed E-state index contributed by atoms with van der Waals surface area (Å²) in [5.74, 6) is 0.511. The van der Waals surface area contributed by atoms with Gasteiger partial charge in [0.2, 0.25) is 0 Å². The van der Waals surface area contributed by atoms with Crippen LogP contribution in [0.2, 0.25) is 0 Å². The molecule has 3 N–H and O–H groups in total. The van der Waals surface area contributed by atoms with E-state index in [0.29, 0.717) is 19.1 Å². The molecule has 0 aromatic rings. The number of hydrogen-bond donors (Lipinski definition) is 2. The van der Waals surface area contributed by atoms with Gasteiger partial charge in [0.1, 0.15) is 0 Å². The third kappa shape index (κ3) is 12.2. The van der Waals surface area contributed by atoms with Crippen molar-refractivity contribution in [1.82, 2.24) is 10.2 Å². The van der Waals surface area contributed by atoms with Crippen LogP contribution in [0.5, 0.6) is 0 Å². The summed E-state index contributed by atoms with van der Waals surface area (Å²) < 4.78 is 4.90. The molecule has 0 aliphatic rings. The lowest BCUT2D eigenvalue weighted by atomic mass is 10.4. The van der Waals surface area contributed by atoms with Crippen molar-refractivity contribution in [1.29, 1.82) is 0 Å². The van der Waals surface area contributed by atoms with Gasteiger partial charge >= 0.3 is 0 Å². The van der Waals surface area contributed by atoms with Gasteiger partial charge in [-0.15, -0.1) is 24.0 Å². The van der Waals surface area contributed by atoms with Gasteiger partial charge in [-0.05, 0) is 26.1 Å². The van der Waals surface area contributed by atoms with Crippen LogP contribution in [-0.2, 0) is 4.74 Å². The maximum absolute atomic E-state index is 5.67. The highest BCUT2D eigenvalue weighted by atomic mass is 127. The Morgan fingerprint density at radius 3 is 2.53 bits per heavy atom. The molecule has 0 aromatic carbocycles. The van der Waals surface area contributed by atoms with E-state index < -0.39 is 0 Å². The zero-order valence-electron chi connectivity index (χ0n) is 11.2. The molecule has 0 aromatic heterocycles. The smallest absolute Gasteiger partial charge is 0.188 e. The van der Waals surface area contributed by atoms with Gasteiger partial charge in [0.05, 0.1) is 6.61 Å². The molecule has 0 atom stereocenters. The summed E-state index contributed by atoms with van der Waals surface area (Å²) >= 11 is 0. The predicted molar refractivity (Wildman–Crippen MR) is 84.2 cm³/mol. The van der Waals surface area contributed by atoms with Crippen LogP contribution in [0, 0.1) is 0 Å². The fourth-order valence-corrected chi connectivity index (χ4v) is 1.37. The number of hydrogen-bond acceptors (Lipinski definition) is 3. The number of nitrogens with zero attached hydrogens (tertiary/aromatic N) is 2. The molecule has 0 saturated heterocycles. The first-order chi connectivity index (χ1) is 7.74. The number of methoxy groups -OCH3 is 1. The molecule has 0 aliphatic carbocycles. The molecule has 0 fully saturated rings. The number of guanidine groups is 1. The molecule has 0 heterocycles. The Hall–Kier alpha value is -0.0800. The standard InChI is InChI=1S/C11H26N4O.HI/c1-4-15(5-2)9-6-7-13-11(12)14-8-10-16-3;/h4-10H2,1-3H3,(H3,12,13,14);1H. The first kappa shape index (κ1) is 19.3. The first-order valence-electron chi connectivity index (χ1n) is 5.99. The van der Waals surface area contributed by atoms with Crippen molar-refractivity contribution in [2.24, 2.45) is 10.7 Å². The molecule has 0 aliphatic heterocycles. The van der Waals surface area contributed by atoms with Crippen LogP contribution in [0.3, 0.4) is 0 Å². The normalized spacial score (nSPS) is 11.4. The lowest BCUT2D eigenvalue weighted by Gasteiger charge is -2.16. The molecule has 5 nitrogen and oxygen atoms in total. The van der Waals surface area contributed by atoms with Crippen LogP contribution < -0.4 is 11.1 Å². The van der Waals surface area contributed by atoms with Gasteiger partial charge in [0.15, 0.2) is 5.96 Å². The van der Waals surface area contributed by atoms with E-state index in [-0.39, 0.29) is 24.0 Å². The molecule has 0 spiro atoms. The second-order valence-corrected chi connectivity index (χ2v) is 3.57. The van der Waals surface area contributed by atoms with Crippen molar-refractivity contribution in [2.45, 2.75) is 20.3 Å². The van der Waals surface area contributed by atoms with E-state index in [1.165, 1.54) is 0 Å². The van der Waals surface area contributed by atoms with Crippen LogP contribution >= 0.6 is 24.0 Å². The Morgan fingerprint density at radius 2 is 2.00 bits per heavy atom. The van der Waals surface area contributed by atoms with E-state index in [2.05, 4.69) is 29.1 Å². The number of nitrogens with one attached hydrogen (secondary N) is 1. The highest BCUT2D eigenvalue weighted by molar-refractivity contribution is 14.0. The Morgan fingerprint density at radius 1 is 1.35 bits per heavy atom. The SMILES string of the molecule is CCN(CC)CCCN=C(N)NCCOC.I. The second kappa shape index (κ2) is 14.0. The lowest BCUT2D eigenvalue weighted by Crippen LogP contribution is -2.34. The van der Waals surface area contributed by atoms with Crippen molar-refractivity contribution >= 4 is 29.9 Å². The number of nitrogens with two attached hydrogens (primary N) is 1. The maximum atomic E-state index is 5.67. The molecule has 104 valence electrons. The zero-order valence-corrected chi connectivity index (χ0v) is 13.6. The van der Waals surface area contributed by atoms with E-state index in [4.69, 9.17) is 10.5 Å². The highest BCUT2D eigenvalue weighted by Gasteiger charge is 1.97. The van der Waals surface area contributed by atoms with Gasteiger partial charge in [-0.3, -0.25) is 4.99 Å². The van der Waals surface area contributed by atoms with Crippen molar-refractivity contribution in [2.75, 3.05) is 46.4 Å². The minimum Gasteiger partial charge on any atom is -0.383 e. The summed E-state index contributed by atoms with van der Waals surface area (Å²) in [5, 5.41) is 2.99. The fraction of sp³-hybridized carbons (Fsp3) is 0.909. The Balaban J connectivity index is 0. The number of halogens is 1. The summed E-state index contributed by atoms with van der Waals surface area (Å²) in [5.41, 5.74) is 5.67. The molecular formula is C11H27IN4O. The van der Waals surface area contributed by atoms with Crippen LogP contribution in [0.15, 0.2) is 4.99 Å². The van der Waals surface area contributed by atoms with Crippen molar-refractivity contribution in [3.8, 4) is 0 Å². The molecule has 6 heteroatoms. The van der Waals surface area contributed by atoms with E-state index in [9.17, 15) is 0 Å². The summed E-state index contributed by atoms with van der Waals surface area (Å²) in [7, 11) is 1.67. The average Bonchev–Trinajstić information content (AvgIpc) is 2.30. The number of rotatable bonds is 9. The number of ether oxygens (including phenoxy) is 1. The molecule has 0 unspecified atom stereocenters. The quantitative estimate of drug-likeness (QED) is 0.278. The van der Waals surface area contributed by atoms with Crippen LogP contribution in [0.4, 0.5) is 0 Å². The Labute approximate surface area is 122 Å². The highest BCUT2D eigenvalue weighted by Crippen LogP contribution is 1.90. The topological polar surface area (TPSA) is 62.9 Å². The van der Waals surface area contributed by atoms with Crippen molar-refractivity contribution in [3.63, 3.8) is 0 Å². The van der Waals surface area contributed by atoms with Gasteiger partial charge in [-0.1, -0.05) is 13.8 Å². The van der Waals surface area contributed by atoms with E-state index >= 15 is 0 Å². The van der Waals surface area contributed by atoms with Crippen LogP contribution in [-0.4, -0.2) is 57.3 Å². The molecule has 17 heavy (non-hydrogen) atoms. The van der Waals surface area contributed by atoms with E-state index in [1.807, 2.05) is 0 Å². The monoisotopic (exact) mass is 358 g/mol. The summed E-state index contributed by atoms with van der Waals surface area (Å²) in [6.07, 6.45) is 1.05. The van der Waals surface area contributed by atoms with Gasteiger partial charge < -0.3 is 20.7 Å². The molecular weight excluding hydrogens is 331 g/mol. The fourth-order valence-electron chi connectivity index (χ4n) is 1.37. The lowest BCUT2D eigenvalue weighted by molar-refractivity contribution is 0.204. The summed E-state index contributed by atoms with van der Waals surface area (Å²) in [6, 6.07) is 0. The average molecular weight is 358 g/mol.